The molecule has 0 atom stereocenters. The number of amides is 1. The summed E-state index contributed by atoms with van der Waals surface area (Å²) < 4.78 is 34.1. The van der Waals surface area contributed by atoms with Gasteiger partial charge in [0.05, 0.1) is 10.6 Å². The molecule has 9 heteroatoms. The van der Waals surface area contributed by atoms with E-state index in [1.54, 1.807) is 6.07 Å². The molecule has 32 heavy (non-hydrogen) atoms. The van der Waals surface area contributed by atoms with Crippen molar-refractivity contribution < 1.29 is 18.3 Å². The highest BCUT2D eigenvalue weighted by Crippen LogP contribution is 2.22. The number of rotatable bonds is 7. The molecule has 1 fully saturated rings. The number of thiophene rings is 1. The van der Waals surface area contributed by atoms with Crippen molar-refractivity contribution in [2.75, 3.05) is 26.2 Å². The number of ether oxygens (including phenoxy) is 1. The molecule has 3 aromatic rings. The van der Waals surface area contributed by atoms with Crippen LogP contribution < -0.4 is 4.74 Å². The van der Waals surface area contributed by atoms with Gasteiger partial charge < -0.3 is 9.64 Å². The van der Waals surface area contributed by atoms with Crippen LogP contribution in [0, 0.1) is 18.6 Å². The van der Waals surface area contributed by atoms with Gasteiger partial charge in [-0.3, -0.25) is 14.4 Å². The van der Waals surface area contributed by atoms with Gasteiger partial charge in [-0.15, -0.1) is 11.3 Å². The first-order chi connectivity index (χ1) is 15.4. The Balaban J connectivity index is 1.29. The first-order valence-electron chi connectivity index (χ1n) is 10.6. The number of piperazine rings is 1. The molecule has 0 bridgehead atoms. The molecule has 1 aromatic carbocycles. The number of aryl methyl sites for hydroxylation is 2. The van der Waals surface area contributed by atoms with Crippen LogP contribution in [0.3, 0.4) is 0 Å². The van der Waals surface area contributed by atoms with Gasteiger partial charge in [0.15, 0.2) is 11.6 Å². The number of halogens is 2. The molecule has 0 N–H and O–H groups in total. The molecular weight excluding hydrogens is 434 g/mol. The molecule has 6 nitrogen and oxygen atoms in total. The quantitative estimate of drug-likeness (QED) is 0.533. The largest absolute Gasteiger partial charge is 0.486 e. The van der Waals surface area contributed by atoms with Gasteiger partial charge in [0.2, 0.25) is 0 Å². The first kappa shape index (κ1) is 22.4. The van der Waals surface area contributed by atoms with Crippen LogP contribution in [-0.2, 0) is 19.7 Å². The van der Waals surface area contributed by atoms with Crippen LogP contribution in [-0.4, -0.2) is 51.7 Å². The molecule has 2 aromatic heterocycles. The van der Waals surface area contributed by atoms with E-state index < -0.39 is 11.6 Å². The highest BCUT2D eigenvalue weighted by Gasteiger charge is 2.24. The molecule has 3 heterocycles. The molecule has 0 unspecified atom stereocenters. The zero-order chi connectivity index (χ0) is 22.7. The predicted molar refractivity (Wildman–Crippen MR) is 119 cm³/mol. The Labute approximate surface area is 190 Å². The van der Waals surface area contributed by atoms with Crippen LogP contribution in [0.15, 0.2) is 35.8 Å². The summed E-state index contributed by atoms with van der Waals surface area (Å²) in [5, 5.41) is 6.33. The third-order valence-corrected chi connectivity index (χ3v) is 6.55. The fourth-order valence-electron chi connectivity index (χ4n) is 3.70. The van der Waals surface area contributed by atoms with Crippen molar-refractivity contribution in [3.63, 3.8) is 0 Å². The van der Waals surface area contributed by atoms with Gasteiger partial charge in [-0.05, 0) is 37.4 Å². The number of benzene rings is 1. The summed E-state index contributed by atoms with van der Waals surface area (Å²) in [6.07, 6.45) is 2.10. The fourth-order valence-corrected chi connectivity index (χ4v) is 4.56. The van der Waals surface area contributed by atoms with Crippen LogP contribution in [0.25, 0.3) is 0 Å². The minimum atomic E-state index is -0.744. The van der Waals surface area contributed by atoms with Crippen LogP contribution >= 0.6 is 11.3 Å². The summed E-state index contributed by atoms with van der Waals surface area (Å²) >= 11 is 1.35. The van der Waals surface area contributed by atoms with Crippen LogP contribution in [0.5, 0.6) is 5.75 Å². The second-order valence-electron chi connectivity index (χ2n) is 7.85. The minimum absolute atomic E-state index is 0.00356. The Kier molecular flexibility index (Phi) is 6.86. The Morgan fingerprint density at radius 3 is 2.66 bits per heavy atom. The molecule has 0 spiro atoms. The average molecular weight is 461 g/mol. The number of carbonyl (C=O) groups excluding carboxylic acids is 1. The van der Waals surface area contributed by atoms with Gasteiger partial charge in [0, 0.05) is 62.7 Å². The third-order valence-electron chi connectivity index (χ3n) is 5.58. The molecule has 0 radical (unpaired) electrons. The number of carbonyl (C=O) groups is 1. The molecule has 1 aliphatic rings. The van der Waals surface area contributed by atoms with Crippen LogP contribution in [0.1, 0.15) is 33.4 Å². The summed E-state index contributed by atoms with van der Waals surface area (Å²) in [4.78, 5) is 17.8. The summed E-state index contributed by atoms with van der Waals surface area (Å²) in [7, 11) is 0. The minimum Gasteiger partial charge on any atom is -0.486 e. The predicted octanol–water partition coefficient (Wildman–Crippen LogP) is 4.09. The lowest BCUT2D eigenvalue weighted by atomic mass is 10.2. The summed E-state index contributed by atoms with van der Waals surface area (Å²) in [6, 6.07) is 4.98. The lowest BCUT2D eigenvalue weighted by molar-refractivity contribution is 0.0633. The monoisotopic (exact) mass is 460 g/mol. The zero-order valence-electron chi connectivity index (χ0n) is 18.2. The lowest BCUT2D eigenvalue weighted by Crippen LogP contribution is -2.48. The van der Waals surface area contributed by atoms with E-state index in [-0.39, 0.29) is 18.3 Å². The van der Waals surface area contributed by atoms with Crippen molar-refractivity contribution in [2.24, 2.45) is 0 Å². The molecule has 0 aliphatic carbocycles. The summed E-state index contributed by atoms with van der Waals surface area (Å²) in [5.41, 5.74) is 3.07. The number of hydrogen-bond acceptors (Lipinski definition) is 5. The van der Waals surface area contributed by atoms with Crippen LogP contribution in [0.4, 0.5) is 8.78 Å². The average Bonchev–Trinajstić information content (AvgIpc) is 3.40. The van der Waals surface area contributed by atoms with E-state index >= 15 is 0 Å². The summed E-state index contributed by atoms with van der Waals surface area (Å²) in [5.74, 6) is -1.40. The smallest absolute Gasteiger partial charge is 0.264 e. The molecule has 4 rings (SSSR count). The molecular formula is C23H26F2N4O2S. The summed E-state index contributed by atoms with van der Waals surface area (Å²) in [6.45, 7) is 8.89. The lowest BCUT2D eigenvalue weighted by Gasteiger charge is -2.34. The van der Waals surface area contributed by atoms with Gasteiger partial charge >= 0.3 is 0 Å². The SMILES string of the molecule is CCn1cc(CN2CCN(C(=O)c3cc(COc4ccc(F)cc4F)cs3)CC2)c(C)n1. The molecule has 170 valence electrons. The second-order valence-corrected chi connectivity index (χ2v) is 8.76. The van der Waals surface area contributed by atoms with Crippen molar-refractivity contribution in [2.45, 2.75) is 33.5 Å². The Morgan fingerprint density at radius 1 is 1.19 bits per heavy atom. The van der Waals surface area contributed by atoms with Gasteiger partial charge in [-0.1, -0.05) is 0 Å². The van der Waals surface area contributed by atoms with Crippen LogP contribution in [0.2, 0.25) is 0 Å². The van der Waals surface area contributed by atoms with Gasteiger partial charge in [-0.2, -0.15) is 5.10 Å². The highest BCUT2D eigenvalue weighted by atomic mass is 32.1. The number of nitrogens with zero attached hydrogens (tertiary/aromatic N) is 4. The number of aromatic nitrogens is 2. The molecule has 1 amide bonds. The first-order valence-corrected chi connectivity index (χ1v) is 11.5. The molecule has 1 saturated heterocycles. The number of hydrogen-bond donors (Lipinski definition) is 0. The van der Waals surface area contributed by atoms with E-state index in [0.29, 0.717) is 18.0 Å². The van der Waals surface area contributed by atoms with Crippen molar-refractivity contribution in [1.29, 1.82) is 0 Å². The Hall–Kier alpha value is -2.78. The van der Waals surface area contributed by atoms with Crippen molar-refractivity contribution in [3.05, 3.63) is 69.2 Å². The van der Waals surface area contributed by atoms with Gasteiger partial charge in [0.1, 0.15) is 12.4 Å². The van der Waals surface area contributed by atoms with Crippen molar-refractivity contribution >= 4 is 17.2 Å². The van der Waals surface area contributed by atoms with Gasteiger partial charge in [-0.25, -0.2) is 8.78 Å². The topological polar surface area (TPSA) is 50.6 Å². The second kappa shape index (κ2) is 9.79. The van der Waals surface area contributed by atoms with E-state index in [9.17, 15) is 13.6 Å². The maximum absolute atomic E-state index is 13.7. The Morgan fingerprint density at radius 2 is 1.97 bits per heavy atom. The molecule has 0 saturated carbocycles. The van der Waals surface area contributed by atoms with Crippen molar-refractivity contribution in [1.82, 2.24) is 19.6 Å². The Bertz CT molecular complexity index is 1090. The van der Waals surface area contributed by atoms with E-state index in [1.807, 2.05) is 21.9 Å². The van der Waals surface area contributed by atoms with Gasteiger partial charge in [0.25, 0.3) is 5.91 Å². The zero-order valence-corrected chi connectivity index (χ0v) is 19.0. The van der Waals surface area contributed by atoms with Crippen molar-refractivity contribution in [3.8, 4) is 5.75 Å². The highest BCUT2D eigenvalue weighted by molar-refractivity contribution is 7.12. The van der Waals surface area contributed by atoms with E-state index in [1.165, 1.54) is 23.0 Å². The standard InChI is InChI=1S/C23H26F2N4O2S/c1-3-29-13-18(16(2)26-29)12-27-6-8-28(9-7-27)23(30)22-10-17(15-32-22)14-31-21-5-4-19(24)11-20(21)25/h4-5,10-11,13,15H,3,6-9,12,14H2,1-2H3. The molecule has 1 aliphatic heterocycles. The maximum Gasteiger partial charge on any atom is 0.264 e. The van der Waals surface area contributed by atoms with E-state index in [2.05, 4.69) is 23.1 Å². The van der Waals surface area contributed by atoms with E-state index in [0.717, 1.165) is 49.6 Å². The van der Waals surface area contributed by atoms with E-state index in [4.69, 9.17) is 4.74 Å². The fraction of sp³-hybridized carbons (Fsp3) is 0.391. The maximum atomic E-state index is 13.7. The third kappa shape index (κ3) is 5.16. The normalized spacial score (nSPS) is 14.7.